The minimum absolute atomic E-state index is 0.143. The average Bonchev–Trinajstić information content (AvgIpc) is 2.94. The third-order valence-corrected chi connectivity index (χ3v) is 8.64. The number of carbonyl (C=O) groups excluding carboxylic acids is 1. The maximum atomic E-state index is 13.5. The van der Waals surface area contributed by atoms with Gasteiger partial charge < -0.3 is 20.1 Å². The molecule has 5 nitrogen and oxygen atoms in total. The van der Waals surface area contributed by atoms with Crippen LogP contribution < -0.4 is 0 Å². The van der Waals surface area contributed by atoms with Gasteiger partial charge in [0.15, 0.2) is 5.78 Å². The summed E-state index contributed by atoms with van der Waals surface area (Å²) in [5.74, 6) is -1.13. The molecule has 1 aliphatic heterocycles. The second-order valence-corrected chi connectivity index (χ2v) is 9.89. The quantitative estimate of drug-likeness (QED) is 0.570. The molecule has 2 bridgehead atoms. The second kappa shape index (κ2) is 4.56. The molecular weight excluding hydrogens is 320 g/mol. The Kier molecular flexibility index (Phi) is 2.99. The van der Waals surface area contributed by atoms with Crippen molar-refractivity contribution >= 4 is 5.78 Å². The Morgan fingerprint density at radius 2 is 1.88 bits per heavy atom. The zero-order valence-corrected chi connectivity index (χ0v) is 14.9. The summed E-state index contributed by atoms with van der Waals surface area (Å²) in [6.07, 6.45) is 0.112. The fourth-order valence-corrected chi connectivity index (χ4v) is 7.95. The first kappa shape index (κ1) is 16.4. The molecule has 4 saturated carbocycles. The lowest BCUT2D eigenvalue weighted by Gasteiger charge is -2.63. The lowest BCUT2D eigenvalue weighted by Crippen LogP contribution is -2.72. The number of fused-ring (bicyclic) bond motifs is 1. The van der Waals surface area contributed by atoms with Crippen molar-refractivity contribution < 1.29 is 24.9 Å². The number of carbonyl (C=O) groups is 1. The van der Waals surface area contributed by atoms with Crippen LogP contribution in [-0.2, 0) is 9.53 Å². The number of ether oxygens (including phenoxy) is 1. The zero-order valence-electron chi connectivity index (χ0n) is 14.9. The highest BCUT2D eigenvalue weighted by atomic mass is 16.5. The summed E-state index contributed by atoms with van der Waals surface area (Å²) in [6.45, 7) is 8.77. The van der Waals surface area contributed by atoms with Gasteiger partial charge in [-0.15, -0.1) is 0 Å². The van der Waals surface area contributed by atoms with Crippen LogP contribution in [0.4, 0.5) is 0 Å². The SMILES string of the molecule is C=C1[C@@H](O)[C@]23C(=O)[C@@H](O)[C@@H]4C(C)(C)CCC[C@]45CO[C@H](C[C@@H]1[C@H]2O)[C@@H]53. The van der Waals surface area contributed by atoms with E-state index in [4.69, 9.17) is 4.74 Å². The Labute approximate surface area is 148 Å². The van der Waals surface area contributed by atoms with Crippen molar-refractivity contribution in [3.8, 4) is 0 Å². The molecule has 0 aromatic carbocycles. The van der Waals surface area contributed by atoms with Crippen molar-refractivity contribution in [2.75, 3.05) is 6.61 Å². The Morgan fingerprint density at radius 3 is 2.60 bits per heavy atom. The number of ketones is 1. The molecule has 138 valence electrons. The van der Waals surface area contributed by atoms with Crippen molar-refractivity contribution in [1.82, 2.24) is 0 Å². The first-order valence-corrected chi connectivity index (χ1v) is 9.58. The van der Waals surface area contributed by atoms with E-state index < -0.39 is 23.7 Å². The van der Waals surface area contributed by atoms with Crippen LogP contribution in [-0.4, -0.2) is 52.1 Å². The van der Waals surface area contributed by atoms with E-state index in [0.717, 1.165) is 19.3 Å². The first-order chi connectivity index (χ1) is 11.7. The molecule has 2 spiro atoms. The Morgan fingerprint density at radius 1 is 1.16 bits per heavy atom. The van der Waals surface area contributed by atoms with Gasteiger partial charge in [-0.25, -0.2) is 0 Å². The van der Waals surface area contributed by atoms with E-state index in [1.165, 1.54) is 0 Å². The minimum atomic E-state index is -1.34. The van der Waals surface area contributed by atoms with Crippen molar-refractivity contribution in [2.45, 2.75) is 63.9 Å². The van der Waals surface area contributed by atoms with Crippen molar-refractivity contribution in [1.29, 1.82) is 0 Å². The predicted octanol–water partition coefficient (Wildman–Crippen LogP) is 1.06. The van der Waals surface area contributed by atoms with Gasteiger partial charge in [-0.2, -0.15) is 0 Å². The molecule has 0 aromatic heterocycles. The number of rotatable bonds is 0. The van der Waals surface area contributed by atoms with Gasteiger partial charge >= 0.3 is 0 Å². The third-order valence-electron chi connectivity index (χ3n) is 8.64. The van der Waals surface area contributed by atoms with Gasteiger partial charge in [0.1, 0.15) is 6.10 Å². The maximum absolute atomic E-state index is 13.5. The highest BCUT2D eigenvalue weighted by molar-refractivity contribution is 5.94. The van der Waals surface area contributed by atoms with Gasteiger partial charge in [0.2, 0.25) is 0 Å². The summed E-state index contributed by atoms with van der Waals surface area (Å²) in [7, 11) is 0. The molecule has 5 rings (SSSR count). The van der Waals surface area contributed by atoms with E-state index in [-0.39, 0.29) is 40.5 Å². The van der Waals surface area contributed by atoms with Crippen molar-refractivity contribution in [3.63, 3.8) is 0 Å². The van der Waals surface area contributed by atoms with Crippen LogP contribution in [0.3, 0.4) is 0 Å². The molecule has 0 unspecified atom stereocenters. The molecule has 1 heterocycles. The first-order valence-electron chi connectivity index (χ1n) is 9.58. The van der Waals surface area contributed by atoms with Gasteiger partial charge in [0.25, 0.3) is 0 Å². The molecule has 1 saturated heterocycles. The highest BCUT2D eigenvalue weighted by Crippen LogP contribution is 2.73. The molecule has 5 heteroatoms. The number of aliphatic hydroxyl groups is 3. The molecule has 25 heavy (non-hydrogen) atoms. The normalized spacial score (nSPS) is 58.8. The molecule has 4 aliphatic carbocycles. The molecule has 5 fully saturated rings. The van der Waals surface area contributed by atoms with Crippen LogP contribution in [0.25, 0.3) is 0 Å². The largest absolute Gasteiger partial charge is 0.391 e. The summed E-state index contributed by atoms with van der Waals surface area (Å²) < 4.78 is 6.21. The van der Waals surface area contributed by atoms with E-state index in [0.29, 0.717) is 18.6 Å². The van der Waals surface area contributed by atoms with Crippen LogP contribution in [0, 0.1) is 34.0 Å². The van der Waals surface area contributed by atoms with Crippen LogP contribution in [0.2, 0.25) is 0 Å². The molecule has 0 aromatic rings. The van der Waals surface area contributed by atoms with E-state index in [1.807, 2.05) is 0 Å². The van der Waals surface area contributed by atoms with Gasteiger partial charge in [-0.05, 0) is 30.3 Å². The van der Waals surface area contributed by atoms with Crippen molar-refractivity contribution in [2.24, 2.45) is 34.0 Å². The van der Waals surface area contributed by atoms with Gasteiger partial charge in [-0.1, -0.05) is 26.8 Å². The third kappa shape index (κ3) is 1.51. The molecule has 0 radical (unpaired) electrons. The highest BCUT2D eigenvalue weighted by Gasteiger charge is 2.80. The van der Waals surface area contributed by atoms with Crippen LogP contribution in [0.15, 0.2) is 12.2 Å². The monoisotopic (exact) mass is 348 g/mol. The Bertz CT molecular complexity index is 671. The van der Waals surface area contributed by atoms with E-state index in [9.17, 15) is 20.1 Å². The van der Waals surface area contributed by atoms with Crippen molar-refractivity contribution in [3.05, 3.63) is 12.2 Å². The smallest absolute Gasteiger partial charge is 0.173 e. The lowest BCUT2D eigenvalue weighted by molar-refractivity contribution is -0.222. The van der Waals surface area contributed by atoms with Gasteiger partial charge in [-0.3, -0.25) is 4.79 Å². The average molecular weight is 348 g/mol. The Hall–Kier alpha value is -0.750. The summed E-state index contributed by atoms with van der Waals surface area (Å²) in [5.41, 5.74) is -1.33. The number of Topliss-reactive ketones (excluding diaryl/α,β-unsaturated/α-hetero) is 1. The number of aliphatic hydroxyl groups excluding tert-OH is 3. The summed E-state index contributed by atoms with van der Waals surface area (Å²) in [4.78, 5) is 13.5. The molecule has 0 amide bonds. The topological polar surface area (TPSA) is 87.0 Å². The summed E-state index contributed by atoms with van der Waals surface area (Å²) in [5, 5.41) is 33.3. The van der Waals surface area contributed by atoms with E-state index in [1.54, 1.807) is 0 Å². The lowest BCUT2D eigenvalue weighted by atomic mass is 9.39. The summed E-state index contributed by atoms with van der Waals surface area (Å²) >= 11 is 0. The molecule has 9 atom stereocenters. The maximum Gasteiger partial charge on any atom is 0.173 e. The molecular formula is C20H28O5. The standard InChI is InChI=1S/C20H28O5/c1-9-10-7-11-13-19(8-25-11)6-4-5-18(2,3)14(19)12(21)17(24)20(13,15(9)22)16(10)23/h10-16,21-23H,1,4-8H2,2-3H3/t10-,11+,12-,13-,14+,15+,16+,19+,20-/m0/s1. The van der Waals surface area contributed by atoms with E-state index >= 15 is 0 Å². The number of hydrogen-bond donors (Lipinski definition) is 3. The predicted molar refractivity (Wildman–Crippen MR) is 89.5 cm³/mol. The second-order valence-electron chi connectivity index (χ2n) is 9.89. The molecule has 5 aliphatic rings. The Balaban J connectivity index is 1.77. The number of hydrogen-bond acceptors (Lipinski definition) is 5. The van der Waals surface area contributed by atoms with Gasteiger partial charge in [0, 0.05) is 23.2 Å². The summed E-state index contributed by atoms with van der Waals surface area (Å²) in [6, 6.07) is 0. The minimum Gasteiger partial charge on any atom is -0.391 e. The van der Waals surface area contributed by atoms with Crippen LogP contribution in [0.1, 0.15) is 39.5 Å². The fraction of sp³-hybridized carbons (Fsp3) is 0.850. The molecule has 3 N–H and O–H groups in total. The zero-order chi connectivity index (χ0) is 17.9. The van der Waals surface area contributed by atoms with E-state index in [2.05, 4.69) is 20.4 Å². The van der Waals surface area contributed by atoms with Gasteiger partial charge in [0.05, 0.1) is 30.3 Å². The fourth-order valence-electron chi connectivity index (χ4n) is 7.95. The van der Waals surface area contributed by atoms with Crippen LogP contribution in [0.5, 0.6) is 0 Å². The van der Waals surface area contributed by atoms with Crippen LogP contribution >= 0.6 is 0 Å².